The lowest BCUT2D eigenvalue weighted by molar-refractivity contribution is 0.101. The lowest BCUT2D eigenvalue weighted by Gasteiger charge is -2.10. The largest absolute Gasteiger partial charge is 0.497 e. The van der Waals surface area contributed by atoms with Gasteiger partial charge in [-0.05, 0) is 24.3 Å². The van der Waals surface area contributed by atoms with E-state index in [1.165, 1.54) is 18.1 Å². The van der Waals surface area contributed by atoms with Crippen LogP contribution in [0.5, 0.6) is 11.5 Å². The molecule has 7 heteroatoms. The Labute approximate surface area is 138 Å². The molecule has 0 saturated carbocycles. The van der Waals surface area contributed by atoms with Gasteiger partial charge in [0.1, 0.15) is 17.8 Å². The van der Waals surface area contributed by atoms with Crippen molar-refractivity contribution in [1.29, 1.82) is 0 Å². The smallest absolute Gasteiger partial charge is 0.295 e. The van der Waals surface area contributed by atoms with Crippen LogP contribution in [0.25, 0.3) is 5.69 Å². The van der Waals surface area contributed by atoms with E-state index in [1.54, 1.807) is 25.3 Å². The van der Waals surface area contributed by atoms with Gasteiger partial charge in [-0.15, -0.1) is 5.10 Å². The quantitative estimate of drug-likeness (QED) is 0.780. The van der Waals surface area contributed by atoms with Crippen molar-refractivity contribution in [1.82, 2.24) is 14.8 Å². The van der Waals surface area contributed by atoms with Crippen LogP contribution in [0.15, 0.2) is 54.9 Å². The van der Waals surface area contributed by atoms with E-state index in [4.69, 9.17) is 9.47 Å². The van der Waals surface area contributed by atoms with Crippen LogP contribution >= 0.6 is 0 Å². The van der Waals surface area contributed by atoms with Crippen molar-refractivity contribution in [3.63, 3.8) is 0 Å². The minimum Gasteiger partial charge on any atom is -0.497 e. The second-order valence-corrected chi connectivity index (χ2v) is 4.87. The fourth-order valence-corrected chi connectivity index (χ4v) is 2.16. The van der Waals surface area contributed by atoms with Crippen LogP contribution < -0.4 is 14.8 Å². The topological polar surface area (TPSA) is 78.3 Å². The molecule has 7 nitrogen and oxygen atoms in total. The Morgan fingerprint density at radius 2 is 1.88 bits per heavy atom. The van der Waals surface area contributed by atoms with Gasteiger partial charge in [0.2, 0.25) is 5.82 Å². The fourth-order valence-electron chi connectivity index (χ4n) is 2.16. The molecule has 0 aliphatic carbocycles. The first kappa shape index (κ1) is 15.5. The average Bonchev–Trinajstić information content (AvgIpc) is 3.12. The highest BCUT2D eigenvalue weighted by molar-refractivity contribution is 6.02. The molecule has 2 aromatic carbocycles. The van der Waals surface area contributed by atoms with Crippen LogP contribution in [0.4, 0.5) is 5.69 Å². The van der Waals surface area contributed by atoms with Gasteiger partial charge in [-0.25, -0.2) is 9.67 Å². The van der Waals surface area contributed by atoms with Crippen molar-refractivity contribution in [2.45, 2.75) is 0 Å². The molecule has 24 heavy (non-hydrogen) atoms. The fraction of sp³-hybridized carbons (Fsp3) is 0.118. The zero-order valence-electron chi connectivity index (χ0n) is 13.3. The van der Waals surface area contributed by atoms with Gasteiger partial charge in [0.25, 0.3) is 5.91 Å². The lowest BCUT2D eigenvalue weighted by Crippen LogP contribution is -2.15. The predicted molar refractivity (Wildman–Crippen MR) is 88.9 cm³/mol. The second-order valence-electron chi connectivity index (χ2n) is 4.87. The van der Waals surface area contributed by atoms with E-state index < -0.39 is 5.91 Å². The van der Waals surface area contributed by atoms with Gasteiger partial charge in [-0.2, -0.15) is 0 Å². The van der Waals surface area contributed by atoms with Crippen molar-refractivity contribution in [2.75, 3.05) is 19.5 Å². The first-order valence-electron chi connectivity index (χ1n) is 7.21. The SMILES string of the molecule is COc1ccc(OC)c(NC(=O)c2ncn(-c3ccccc3)n2)c1. The van der Waals surface area contributed by atoms with Crippen LogP contribution in [0.3, 0.4) is 0 Å². The number of methoxy groups -OCH3 is 2. The summed E-state index contributed by atoms with van der Waals surface area (Å²) in [4.78, 5) is 16.4. The molecule has 3 rings (SSSR count). The van der Waals surface area contributed by atoms with E-state index >= 15 is 0 Å². The Morgan fingerprint density at radius 1 is 1.08 bits per heavy atom. The molecule has 1 amide bonds. The van der Waals surface area contributed by atoms with Crippen LogP contribution in [0.2, 0.25) is 0 Å². The van der Waals surface area contributed by atoms with Crippen molar-refractivity contribution in [3.8, 4) is 17.2 Å². The first-order chi connectivity index (χ1) is 11.7. The number of amides is 1. The maximum Gasteiger partial charge on any atom is 0.295 e. The number of rotatable bonds is 5. The number of anilines is 1. The number of para-hydroxylation sites is 1. The van der Waals surface area contributed by atoms with Gasteiger partial charge in [0.05, 0.1) is 25.6 Å². The molecule has 0 spiro atoms. The normalized spacial score (nSPS) is 10.2. The summed E-state index contributed by atoms with van der Waals surface area (Å²) in [5.74, 6) is 0.750. The molecule has 0 fully saturated rings. The molecule has 1 N–H and O–H groups in total. The average molecular weight is 324 g/mol. The van der Waals surface area contributed by atoms with Crippen LogP contribution in [0.1, 0.15) is 10.6 Å². The molecule has 0 atom stereocenters. The third kappa shape index (κ3) is 3.19. The molecular weight excluding hydrogens is 308 g/mol. The minimum atomic E-state index is -0.434. The Balaban J connectivity index is 1.82. The molecule has 0 aliphatic rings. The Bertz CT molecular complexity index is 846. The highest BCUT2D eigenvalue weighted by Gasteiger charge is 2.15. The van der Waals surface area contributed by atoms with Crippen LogP contribution in [0, 0.1) is 0 Å². The van der Waals surface area contributed by atoms with Crippen LogP contribution in [-0.4, -0.2) is 34.9 Å². The molecule has 0 saturated heterocycles. The Morgan fingerprint density at radius 3 is 2.58 bits per heavy atom. The molecule has 3 aromatic rings. The van der Waals surface area contributed by atoms with E-state index in [-0.39, 0.29) is 5.82 Å². The zero-order chi connectivity index (χ0) is 16.9. The number of nitrogens with zero attached hydrogens (tertiary/aromatic N) is 3. The van der Waals surface area contributed by atoms with Crippen molar-refractivity contribution in [3.05, 3.63) is 60.7 Å². The maximum atomic E-state index is 12.4. The summed E-state index contributed by atoms with van der Waals surface area (Å²) in [6.45, 7) is 0. The molecule has 0 unspecified atom stereocenters. The Hall–Kier alpha value is -3.35. The van der Waals surface area contributed by atoms with Gasteiger partial charge < -0.3 is 14.8 Å². The maximum absolute atomic E-state index is 12.4. The van der Waals surface area contributed by atoms with E-state index in [9.17, 15) is 4.79 Å². The summed E-state index contributed by atoms with van der Waals surface area (Å²) < 4.78 is 11.9. The lowest BCUT2D eigenvalue weighted by atomic mass is 10.2. The predicted octanol–water partition coefficient (Wildman–Crippen LogP) is 2.54. The highest BCUT2D eigenvalue weighted by atomic mass is 16.5. The van der Waals surface area contributed by atoms with Gasteiger partial charge in [0.15, 0.2) is 0 Å². The number of carbonyl (C=O) groups excluding carboxylic acids is 1. The number of hydrogen-bond acceptors (Lipinski definition) is 5. The summed E-state index contributed by atoms with van der Waals surface area (Å²) >= 11 is 0. The van der Waals surface area contributed by atoms with Gasteiger partial charge in [0, 0.05) is 6.07 Å². The molecular formula is C17H16N4O3. The van der Waals surface area contributed by atoms with Gasteiger partial charge in [-0.3, -0.25) is 4.79 Å². The summed E-state index contributed by atoms with van der Waals surface area (Å²) in [6, 6.07) is 14.6. The van der Waals surface area contributed by atoms with Crippen molar-refractivity contribution in [2.24, 2.45) is 0 Å². The standard InChI is InChI=1S/C17H16N4O3/c1-23-13-8-9-15(24-2)14(10-13)19-17(22)16-18-11-21(20-16)12-6-4-3-5-7-12/h3-11H,1-2H3,(H,19,22). The number of ether oxygens (including phenoxy) is 2. The summed E-state index contributed by atoms with van der Waals surface area (Å²) in [6.07, 6.45) is 1.49. The molecule has 0 bridgehead atoms. The third-order valence-electron chi connectivity index (χ3n) is 3.37. The molecule has 1 heterocycles. The van der Waals surface area contributed by atoms with Crippen LogP contribution in [-0.2, 0) is 0 Å². The zero-order valence-corrected chi connectivity index (χ0v) is 13.3. The van der Waals surface area contributed by atoms with E-state index in [2.05, 4.69) is 15.4 Å². The van der Waals surface area contributed by atoms with Gasteiger partial charge >= 0.3 is 0 Å². The number of hydrogen-bond donors (Lipinski definition) is 1. The van der Waals surface area contributed by atoms with Gasteiger partial charge in [-0.1, -0.05) is 18.2 Å². The second kappa shape index (κ2) is 6.82. The summed E-state index contributed by atoms with van der Waals surface area (Å²) in [5.41, 5.74) is 1.31. The number of nitrogens with one attached hydrogen (secondary N) is 1. The molecule has 1 aromatic heterocycles. The number of aromatic nitrogens is 3. The highest BCUT2D eigenvalue weighted by Crippen LogP contribution is 2.29. The monoisotopic (exact) mass is 324 g/mol. The molecule has 0 aliphatic heterocycles. The summed E-state index contributed by atoms with van der Waals surface area (Å²) in [7, 11) is 3.08. The third-order valence-corrected chi connectivity index (χ3v) is 3.37. The van der Waals surface area contributed by atoms with E-state index in [0.717, 1.165) is 5.69 Å². The Kier molecular flexibility index (Phi) is 4.42. The van der Waals surface area contributed by atoms with E-state index in [0.29, 0.717) is 17.2 Å². The van der Waals surface area contributed by atoms with Crippen molar-refractivity contribution < 1.29 is 14.3 Å². The molecule has 0 radical (unpaired) electrons. The first-order valence-corrected chi connectivity index (χ1v) is 7.21. The number of benzene rings is 2. The minimum absolute atomic E-state index is 0.0590. The molecule has 122 valence electrons. The number of carbonyl (C=O) groups is 1. The van der Waals surface area contributed by atoms with Crippen molar-refractivity contribution >= 4 is 11.6 Å². The summed E-state index contributed by atoms with van der Waals surface area (Å²) in [5, 5.41) is 6.93. The van der Waals surface area contributed by atoms with E-state index in [1.807, 2.05) is 30.3 Å².